The third-order valence-corrected chi connectivity index (χ3v) is 4.31. The van der Waals surface area contributed by atoms with Crippen LogP contribution in [-0.4, -0.2) is 31.8 Å². The summed E-state index contributed by atoms with van der Waals surface area (Å²) >= 11 is 0. The van der Waals surface area contributed by atoms with Gasteiger partial charge < -0.3 is 5.11 Å². The Kier molecular flexibility index (Phi) is 4.32. The van der Waals surface area contributed by atoms with Gasteiger partial charge in [-0.05, 0) is 24.7 Å². The molecule has 1 aliphatic carbocycles. The summed E-state index contributed by atoms with van der Waals surface area (Å²) in [5, 5.41) is 8.90. The van der Waals surface area contributed by atoms with Crippen LogP contribution in [0.2, 0.25) is 0 Å². The predicted molar refractivity (Wildman–Crippen MR) is 60.5 cm³/mol. The maximum atomic E-state index is 11.5. The molecule has 0 amide bonds. The largest absolute Gasteiger partial charge is 0.481 e. The Morgan fingerprint density at radius 2 is 2.00 bits per heavy atom. The van der Waals surface area contributed by atoms with E-state index >= 15 is 0 Å². The molecule has 1 saturated carbocycles. The van der Waals surface area contributed by atoms with E-state index in [0.29, 0.717) is 0 Å². The third kappa shape index (κ3) is 4.49. The highest BCUT2D eigenvalue weighted by Gasteiger charge is 2.29. The Morgan fingerprint density at radius 1 is 1.44 bits per heavy atom. The van der Waals surface area contributed by atoms with Gasteiger partial charge in [-0.3, -0.25) is 4.79 Å². The van der Waals surface area contributed by atoms with Crippen LogP contribution in [0.1, 0.15) is 26.7 Å². The second-order valence-electron chi connectivity index (χ2n) is 4.76. The predicted octanol–water partition coefficient (Wildman–Crippen LogP) is 0.673. The highest BCUT2D eigenvalue weighted by Crippen LogP contribution is 2.29. The molecule has 0 bridgehead atoms. The number of hydrogen-bond donors (Lipinski definition) is 2. The number of aliphatic carboxylic acids is 1. The minimum atomic E-state index is -3.29. The molecule has 1 fully saturated rings. The quantitative estimate of drug-likeness (QED) is 0.694. The van der Waals surface area contributed by atoms with E-state index in [0.717, 1.165) is 12.8 Å². The first-order chi connectivity index (χ1) is 7.32. The molecule has 94 valence electrons. The summed E-state index contributed by atoms with van der Waals surface area (Å²) in [6.07, 6.45) is 1.93. The molecule has 6 heteroatoms. The topological polar surface area (TPSA) is 83.5 Å². The number of carboxylic acids is 1. The van der Waals surface area contributed by atoms with Gasteiger partial charge in [0.05, 0.1) is 11.7 Å². The first-order valence-corrected chi connectivity index (χ1v) is 7.17. The van der Waals surface area contributed by atoms with Crippen molar-refractivity contribution < 1.29 is 18.3 Å². The van der Waals surface area contributed by atoms with E-state index in [1.807, 2.05) is 0 Å². The lowest BCUT2D eigenvalue weighted by molar-refractivity contribution is -0.142. The first-order valence-electron chi connectivity index (χ1n) is 5.52. The number of carbonyl (C=O) groups is 1. The molecule has 1 rings (SSSR count). The zero-order chi connectivity index (χ0) is 12.3. The van der Waals surface area contributed by atoms with Crippen LogP contribution in [0.3, 0.4) is 0 Å². The molecule has 1 aliphatic rings. The molecule has 0 aromatic heterocycles. The van der Waals surface area contributed by atoms with Crippen molar-refractivity contribution in [3.63, 3.8) is 0 Å². The van der Waals surface area contributed by atoms with Crippen molar-refractivity contribution in [3.8, 4) is 0 Å². The van der Waals surface area contributed by atoms with Crippen LogP contribution in [0.15, 0.2) is 0 Å². The summed E-state index contributed by atoms with van der Waals surface area (Å²) in [6.45, 7) is 3.53. The third-order valence-electron chi connectivity index (χ3n) is 2.80. The highest BCUT2D eigenvalue weighted by atomic mass is 32.2. The lowest BCUT2D eigenvalue weighted by Crippen LogP contribution is -2.36. The zero-order valence-electron chi connectivity index (χ0n) is 9.64. The molecule has 1 atom stereocenters. The number of hydrogen-bond acceptors (Lipinski definition) is 3. The molecule has 0 radical (unpaired) electrons. The molecule has 5 nitrogen and oxygen atoms in total. The molecule has 0 aromatic carbocycles. The second-order valence-corrected chi connectivity index (χ2v) is 6.61. The van der Waals surface area contributed by atoms with Crippen molar-refractivity contribution in [3.05, 3.63) is 0 Å². The van der Waals surface area contributed by atoms with Crippen LogP contribution in [-0.2, 0) is 14.8 Å². The van der Waals surface area contributed by atoms with Gasteiger partial charge in [0.2, 0.25) is 10.0 Å². The lowest BCUT2D eigenvalue weighted by atomic mass is 9.97. The zero-order valence-corrected chi connectivity index (χ0v) is 10.5. The van der Waals surface area contributed by atoms with Crippen LogP contribution in [0.25, 0.3) is 0 Å². The molecule has 0 aliphatic heterocycles. The summed E-state index contributed by atoms with van der Waals surface area (Å²) in [5.41, 5.74) is 0. The van der Waals surface area contributed by atoms with Gasteiger partial charge in [-0.25, -0.2) is 13.1 Å². The highest BCUT2D eigenvalue weighted by molar-refractivity contribution is 7.89. The van der Waals surface area contributed by atoms with Crippen molar-refractivity contribution in [2.75, 3.05) is 12.3 Å². The van der Waals surface area contributed by atoms with Crippen molar-refractivity contribution >= 4 is 16.0 Å². The van der Waals surface area contributed by atoms with Gasteiger partial charge in [0.15, 0.2) is 0 Å². The number of rotatable bonds is 7. The van der Waals surface area contributed by atoms with E-state index < -0.39 is 21.9 Å². The van der Waals surface area contributed by atoms with Gasteiger partial charge in [-0.1, -0.05) is 13.8 Å². The van der Waals surface area contributed by atoms with Gasteiger partial charge in [-0.15, -0.1) is 0 Å². The van der Waals surface area contributed by atoms with Crippen LogP contribution in [0.4, 0.5) is 0 Å². The van der Waals surface area contributed by atoms with Crippen molar-refractivity contribution in [1.82, 2.24) is 4.72 Å². The average Bonchev–Trinajstić information content (AvgIpc) is 2.85. The Labute approximate surface area is 96.3 Å². The Hall–Kier alpha value is -0.620. The van der Waals surface area contributed by atoms with E-state index in [2.05, 4.69) is 4.72 Å². The van der Waals surface area contributed by atoms with E-state index in [1.165, 1.54) is 0 Å². The molecular weight excluding hydrogens is 230 g/mol. The van der Waals surface area contributed by atoms with Crippen LogP contribution < -0.4 is 4.72 Å². The number of carboxylic acid groups (broad SMARTS) is 1. The van der Waals surface area contributed by atoms with Crippen LogP contribution in [0.5, 0.6) is 0 Å². The average molecular weight is 249 g/mol. The molecule has 16 heavy (non-hydrogen) atoms. The van der Waals surface area contributed by atoms with E-state index in [-0.39, 0.29) is 24.1 Å². The maximum Gasteiger partial charge on any atom is 0.308 e. The molecule has 0 saturated heterocycles. The van der Waals surface area contributed by atoms with E-state index in [4.69, 9.17) is 5.11 Å². The van der Waals surface area contributed by atoms with Crippen molar-refractivity contribution in [2.45, 2.75) is 26.7 Å². The van der Waals surface area contributed by atoms with Gasteiger partial charge in [0.25, 0.3) is 0 Å². The van der Waals surface area contributed by atoms with Gasteiger partial charge in [-0.2, -0.15) is 0 Å². The van der Waals surface area contributed by atoms with Crippen LogP contribution >= 0.6 is 0 Å². The fourth-order valence-electron chi connectivity index (χ4n) is 1.48. The molecule has 2 N–H and O–H groups in total. The van der Waals surface area contributed by atoms with Crippen LogP contribution in [0, 0.1) is 17.8 Å². The molecule has 0 aromatic rings. The minimum absolute atomic E-state index is 0.0119. The first kappa shape index (κ1) is 13.4. The summed E-state index contributed by atoms with van der Waals surface area (Å²) in [7, 11) is -3.29. The fourth-order valence-corrected chi connectivity index (χ4v) is 2.98. The number of sulfonamides is 1. The SMILES string of the molecule is CC(C)C(CNS(=O)(=O)CC1CC1)C(=O)O. The van der Waals surface area contributed by atoms with Gasteiger partial charge in [0, 0.05) is 6.54 Å². The molecular formula is C10H19NO4S. The van der Waals surface area contributed by atoms with Crippen molar-refractivity contribution in [1.29, 1.82) is 0 Å². The smallest absolute Gasteiger partial charge is 0.308 e. The molecule has 1 unspecified atom stereocenters. The monoisotopic (exact) mass is 249 g/mol. The van der Waals surface area contributed by atoms with Gasteiger partial charge in [0.1, 0.15) is 0 Å². The lowest BCUT2D eigenvalue weighted by Gasteiger charge is -2.16. The van der Waals surface area contributed by atoms with E-state index in [9.17, 15) is 13.2 Å². The second kappa shape index (κ2) is 5.14. The summed E-state index contributed by atoms with van der Waals surface area (Å²) in [4.78, 5) is 10.9. The minimum Gasteiger partial charge on any atom is -0.481 e. The Morgan fingerprint density at radius 3 is 2.38 bits per heavy atom. The Balaban J connectivity index is 2.44. The normalized spacial score (nSPS) is 18.7. The molecule has 0 heterocycles. The number of nitrogens with one attached hydrogen (secondary N) is 1. The fraction of sp³-hybridized carbons (Fsp3) is 0.900. The molecule has 0 spiro atoms. The Bertz CT molecular complexity index is 346. The van der Waals surface area contributed by atoms with Crippen molar-refractivity contribution in [2.24, 2.45) is 17.8 Å². The summed E-state index contributed by atoms with van der Waals surface area (Å²) in [6, 6.07) is 0. The summed E-state index contributed by atoms with van der Waals surface area (Å²) < 4.78 is 25.4. The van der Waals surface area contributed by atoms with E-state index in [1.54, 1.807) is 13.8 Å². The maximum absolute atomic E-state index is 11.5. The summed E-state index contributed by atoms with van der Waals surface area (Å²) in [5.74, 6) is -1.28. The van der Waals surface area contributed by atoms with Gasteiger partial charge >= 0.3 is 5.97 Å². The standard InChI is InChI=1S/C10H19NO4S/c1-7(2)9(10(12)13)5-11-16(14,15)6-8-3-4-8/h7-9,11H,3-6H2,1-2H3,(H,12,13).